The summed E-state index contributed by atoms with van der Waals surface area (Å²) in [6, 6.07) is 168. The van der Waals surface area contributed by atoms with Crippen molar-refractivity contribution >= 4 is 217 Å². The highest BCUT2D eigenvalue weighted by Gasteiger charge is 2.35. The molecule has 0 N–H and O–H groups in total. The summed E-state index contributed by atoms with van der Waals surface area (Å²) in [4.78, 5) is 15.1. The normalized spacial score (nSPS) is 12.1. The lowest BCUT2D eigenvalue weighted by molar-refractivity contribution is 0.591. The molecule has 0 saturated heterocycles. The molecule has 6 aromatic heterocycles. The average molecular weight is 1780 g/mol. The van der Waals surface area contributed by atoms with Gasteiger partial charge in [0.25, 0.3) is 0 Å². The van der Waals surface area contributed by atoms with E-state index in [1.165, 1.54) is 32.3 Å². The Morgan fingerprint density at radius 2 is 0.437 bits per heavy atom. The van der Waals surface area contributed by atoms with E-state index in [9.17, 15) is 4.57 Å². The van der Waals surface area contributed by atoms with Gasteiger partial charge in [0.15, 0.2) is 21.4 Å². The van der Waals surface area contributed by atoms with Crippen molar-refractivity contribution in [2.24, 2.45) is 0 Å². The van der Waals surface area contributed by atoms with Crippen LogP contribution in [0.1, 0.15) is 0 Å². The Kier molecular flexibility index (Phi) is 19.6. The molecule has 0 bridgehead atoms. The van der Waals surface area contributed by atoms with Crippen molar-refractivity contribution in [2.75, 3.05) is 0 Å². The minimum atomic E-state index is -3.16. The Labute approximate surface area is 777 Å². The minimum absolute atomic E-state index is 0.836. The number of hydrogen-bond donors (Lipinski definition) is 0. The Bertz CT molecular complexity index is 9500. The van der Waals surface area contributed by atoms with Gasteiger partial charge in [0.05, 0.1) is 49.7 Å². The van der Waals surface area contributed by atoms with Gasteiger partial charge in [-0.05, 0) is 185 Å². The van der Waals surface area contributed by atoms with Gasteiger partial charge < -0.3 is 13.7 Å². The Hall–Kier alpha value is -16.5. The van der Waals surface area contributed by atoms with Gasteiger partial charge in [-0.25, -0.2) is 15.0 Å². The second kappa shape index (κ2) is 32.8. The first-order chi connectivity index (χ1) is 66.6. The van der Waals surface area contributed by atoms with Crippen LogP contribution in [0.15, 0.2) is 491 Å². The van der Waals surface area contributed by atoms with Gasteiger partial charge in [-0.3, -0.25) is 13.2 Å². The Balaban J connectivity index is 0.000000108. The molecule has 0 unspecified atom stereocenters. The van der Waals surface area contributed by atoms with Crippen LogP contribution in [-0.4, -0.2) is 28.2 Å². The van der Waals surface area contributed by atoms with Gasteiger partial charge in [-0.2, -0.15) is 0 Å². The Morgan fingerprint density at radius 1 is 0.163 bits per heavy atom. The quantitative estimate of drug-likeness (QED) is 0.0892. The van der Waals surface area contributed by atoms with Crippen LogP contribution < -0.4 is 47.7 Å². The number of nitrogens with zero attached hydrogens (tertiary/aromatic N) is 6. The second-order valence-corrected chi connectivity index (χ2v) is 42.9. The standard InChI is InChI=1S/3C41H27N2OP/c44-45(29-13-3-1-4-14-29,30-15-5-2-6-16-30)40-26-24-31(32-17-7-9-19-34(32)40)28-23-25-38-36(27-28)33-18-8-10-20-35(33)41-42-37-21-11-12-22-39(37)43(38)41;44-45(32-11-3-1-4-12-32,33-13-5-2-6-14-33)34-23-21-29-25-28(19-20-30(29)26-34)31-22-24-39-37(27-31)35-15-7-8-16-36(35)41-42-38-17-9-10-18-40(38)43(39)41;44-45(32-11-3-1-4-12-32,33-13-5-2-6-14-33)34-23-21-28-19-20-29(25-31(28)26-34)30-22-24-39-37(27-30)35-15-7-8-16-36(35)41-42-38-17-9-10-18-40(38)43(39)41/h3*1-27H. The summed E-state index contributed by atoms with van der Waals surface area (Å²) < 4.78 is 52.2. The average Bonchev–Trinajstić information content (AvgIpc) is 1.57. The van der Waals surface area contributed by atoms with Crippen LogP contribution in [0.5, 0.6) is 0 Å². The highest BCUT2D eigenvalue weighted by atomic mass is 31.2. The molecule has 0 radical (unpaired) electrons. The maximum atomic E-state index is 15.4. The van der Waals surface area contributed by atoms with Gasteiger partial charge in [-0.15, -0.1) is 0 Å². The summed E-state index contributed by atoms with van der Waals surface area (Å²) in [7, 11) is -9.27. The first-order valence-electron chi connectivity index (χ1n) is 45.5. The zero-order valence-electron chi connectivity index (χ0n) is 73.0. The summed E-state index contributed by atoms with van der Waals surface area (Å²) in [6.07, 6.45) is 0. The summed E-state index contributed by atoms with van der Waals surface area (Å²) in [5, 5.41) is 24.6. The molecule has 135 heavy (non-hydrogen) atoms. The number of hydrogen-bond acceptors (Lipinski definition) is 6. The number of fused-ring (bicyclic) bond motifs is 27. The fourth-order valence-electron chi connectivity index (χ4n) is 20.6. The van der Waals surface area contributed by atoms with Gasteiger partial charge in [0.2, 0.25) is 0 Å². The third-order valence-corrected chi connectivity index (χ3v) is 36.3. The molecule has 636 valence electrons. The molecule has 6 heterocycles. The maximum Gasteiger partial charge on any atom is 0.171 e. The number of imidazole rings is 3. The van der Waals surface area contributed by atoms with Crippen molar-refractivity contribution in [3.8, 4) is 33.4 Å². The highest BCUT2D eigenvalue weighted by Crippen LogP contribution is 2.49. The van der Waals surface area contributed by atoms with E-state index in [1.54, 1.807) is 0 Å². The predicted molar refractivity (Wildman–Crippen MR) is 570 cm³/mol. The lowest BCUT2D eigenvalue weighted by Crippen LogP contribution is -2.25. The molecule has 21 aromatic carbocycles. The van der Waals surface area contributed by atoms with Crippen molar-refractivity contribution < 1.29 is 13.7 Å². The lowest BCUT2D eigenvalue weighted by Gasteiger charge is -2.23. The van der Waals surface area contributed by atoms with Crippen molar-refractivity contribution in [2.45, 2.75) is 0 Å². The van der Waals surface area contributed by atoms with Gasteiger partial charge in [0, 0.05) is 80.1 Å². The molecule has 27 rings (SSSR count). The monoisotopic (exact) mass is 1780 g/mol. The van der Waals surface area contributed by atoms with Gasteiger partial charge in [0.1, 0.15) is 16.9 Å². The number of para-hydroxylation sites is 6. The summed E-state index contributed by atoms with van der Waals surface area (Å²) >= 11 is 0. The first-order valence-corrected chi connectivity index (χ1v) is 50.6. The molecule has 0 fully saturated rings. The van der Waals surface area contributed by atoms with E-state index in [2.05, 4.69) is 286 Å². The molecule has 0 amide bonds. The molecule has 0 spiro atoms. The van der Waals surface area contributed by atoms with Crippen molar-refractivity contribution in [3.05, 3.63) is 491 Å². The van der Waals surface area contributed by atoms with Crippen LogP contribution in [0, 0.1) is 0 Å². The van der Waals surface area contributed by atoms with Gasteiger partial charge in [-0.1, -0.05) is 388 Å². The van der Waals surface area contributed by atoms with Gasteiger partial charge >= 0.3 is 0 Å². The number of pyridine rings is 3. The second-order valence-electron chi connectivity index (χ2n) is 34.6. The number of benzene rings is 21. The Morgan fingerprint density at radius 3 is 0.837 bits per heavy atom. The third-order valence-electron chi connectivity index (χ3n) is 27.1. The molecule has 27 aromatic rings. The molecular formula is C123H81N6O3P3. The molecule has 0 saturated carbocycles. The van der Waals surface area contributed by atoms with Crippen LogP contribution in [0.2, 0.25) is 0 Å². The van der Waals surface area contributed by atoms with E-state index < -0.39 is 21.4 Å². The number of aromatic nitrogens is 6. The summed E-state index contributed by atoms with van der Waals surface area (Å²) in [5.41, 5.74) is 19.4. The molecule has 0 aliphatic carbocycles. The van der Waals surface area contributed by atoms with Crippen LogP contribution in [-0.2, 0) is 13.7 Å². The number of rotatable bonds is 12. The summed E-state index contributed by atoms with van der Waals surface area (Å²) in [5.74, 6) is 0. The van der Waals surface area contributed by atoms with Crippen LogP contribution in [0.3, 0.4) is 0 Å². The molecule has 0 aliphatic heterocycles. The van der Waals surface area contributed by atoms with E-state index in [1.807, 2.05) is 218 Å². The van der Waals surface area contributed by atoms with Crippen LogP contribution in [0.25, 0.3) is 181 Å². The van der Waals surface area contributed by atoms with E-state index >= 15 is 9.13 Å². The molecule has 0 aliphatic rings. The highest BCUT2D eigenvalue weighted by molar-refractivity contribution is 7.86. The van der Waals surface area contributed by atoms with Crippen LogP contribution >= 0.6 is 21.4 Å². The zero-order valence-corrected chi connectivity index (χ0v) is 75.7. The fraction of sp³-hybridized carbons (Fsp3) is 0. The lowest BCUT2D eigenvalue weighted by atomic mass is 9.95. The first kappa shape index (κ1) is 80.6. The molecule has 9 nitrogen and oxygen atoms in total. The van der Waals surface area contributed by atoms with Crippen LogP contribution in [0.4, 0.5) is 0 Å². The molecular weight excluding hydrogens is 1700 g/mol. The fourth-order valence-corrected chi connectivity index (χ4v) is 28.9. The minimum Gasteiger partial charge on any atom is -0.309 e. The van der Waals surface area contributed by atoms with Crippen molar-refractivity contribution in [3.63, 3.8) is 0 Å². The summed E-state index contributed by atoms with van der Waals surface area (Å²) in [6.45, 7) is 0. The maximum absolute atomic E-state index is 15.4. The van der Waals surface area contributed by atoms with E-state index in [4.69, 9.17) is 15.0 Å². The largest absolute Gasteiger partial charge is 0.309 e. The molecule has 0 atom stereocenters. The third kappa shape index (κ3) is 13.4. The van der Waals surface area contributed by atoms with Crippen molar-refractivity contribution in [1.29, 1.82) is 0 Å². The smallest absolute Gasteiger partial charge is 0.171 e. The SMILES string of the molecule is O=P(c1ccccc1)(c1ccccc1)c1ccc(-c2ccc3c(c2)c2ccccc2c2nc4ccccc4n32)c2ccccc12.O=P(c1ccccc1)(c1ccccc1)c1ccc2cc(-c3ccc4c(c3)c3ccccc3c3nc5ccccc5n43)ccc2c1.O=P(c1ccccc1)(c1ccccc1)c1ccc2ccc(-c3ccc4c(c3)c3ccccc3c3nc5ccccc5n43)cc2c1. The topological polar surface area (TPSA) is 103 Å². The van der Waals surface area contributed by atoms with E-state index in [-0.39, 0.29) is 0 Å². The predicted octanol–water partition coefficient (Wildman–Crippen LogP) is 27.8. The van der Waals surface area contributed by atoms with Crippen molar-refractivity contribution in [1.82, 2.24) is 28.2 Å². The molecule has 12 heteroatoms. The van der Waals surface area contributed by atoms with E-state index in [0.717, 1.165) is 196 Å². The van der Waals surface area contributed by atoms with E-state index in [0.29, 0.717) is 0 Å². The zero-order chi connectivity index (χ0) is 89.9.